The van der Waals surface area contributed by atoms with Gasteiger partial charge in [-0.2, -0.15) is 5.26 Å². The fourth-order valence-electron chi connectivity index (χ4n) is 4.62. The van der Waals surface area contributed by atoms with Gasteiger partial charge in [0.15, 0.2) is 0 Å². The topological polar surface area (TPSA) is 53.0 Å². The first-order chi connectivity index (χ1) is 12.5. The van der Waals surface area contributed by atoms with Crippen molar-refractivity contribution >= 4 is 11.4 Å². The van der Waals surface area contributed by atoms with Crippen LogP contribution < -0.4 is 5.73 Å². The van der Waals surface area contributed by atoms with Crippen LogP contribution in [0.25, 0.3) is 5.70 Å². The molecule has 0 atom stereocenters. The number of likely N-dealkylation sites (tertiary alicyclic amines) is 1. The molecule has 1 fully saturated rings. The van der Waals surface area contributed by atoms with Gasteiger partial charge in [-0.25, -0.2) is 0 Å². The van der Waals surface area contributed by atoms with Crippen molar-refractivity contribution in [2.24, 2.45) is 0 Å². The zero-order valence-corrected chi connectivity index (χ0v) is 15.4. The lowest BCUT2D eigenvalue weighted by Gasteiger charge is -2.42. The average Bonchev–Trinajstić information content (AvgIpc) is 3.01. The Bertz CT molecular complexity index is 912. The van der Waals surface area contributed by atoms with Gasteiger partial charge < -0.3 is 10.6 Å². The van der Waals surface area contributed by atoms with Crippen molar-refractivity contribution in [3.05, 3.63) is 70.8 Å². The van der Waals surface area contributed by atoms with Crippen molar-refractivity contribution in [2.75, 3.05) is 18.8 Å². The molecule has 1 aliphatic heterocycles. The van der Waals surface area contributed by atoms with Crippen LogP contribution in [0, 0.1) is 18.3 Å². The minimum absolute atomic E-state index is 0.284. The molecule has 0 saturated carbocycles. The molecule has 1 aliphatic carbocycles. The standard InChI is InChI=1S/C23H25N3/c1-16-3-5-19(14-22(16)25)17(2)26-11-9-23(10-12-26)8-7-20-13-18(15-24)4-6-21(20)23/h3-6,13-14H,2,7-12,25H2,1H3. The fraction of sp³-hybridized carbons (Fsp3) is 0.348. The van der Waals surface area contributed by atoms with Gasteiger partial charge in [0.05, 0.1) is 11.6 Å². The third-order valence-electron chi connectivity index (χ3n) is 6.39. The summed E-state index contributed by atoms with van der Waals surface area (Å²) in [5.41, 5.74) is 14.1. The first-order valence-corrected chi connectivity index (χ1v) is 9.36. The van der Waals surface area contributed by atoms with Crippen LogP contribution in [0.5, 0.6) is 0 Å². The van der Waals surface area contributed by atoms with Gasteiger partial charge in [-0.3, -0.25) is 0 Å². The van der Waals surface area contributed by atoms with Gasteiger partial charge >= 0.3 is 0 Å². The third-order valence-corrected chi connectivity index (χ3v) is 6.39. The van der Waals surface area contributed by atoms with E-state index < -0.39 is 0 Å². The molecule has 1 spiro atoms. The molecular formula is C23H25N3. The van der Waals surface area contributed by atoms with Crippen LogP contribution in [0.3, 0.4) is 0 Å². The highest BCUT2D eigenvalue weighted by atomic mass is 15.1. The van der Waals surface area contributed by atoms with Gasteiger partial charge in [-0.05, 0) is 78.5 Å². The highest BCUT2D eigenvalue weighted by Crippen LogP contribution is 2.47. The molecule has 0 aromatic heterocycles. The van der Waals surface area contributed by atoms with Crippen LogP contribution >= 0.6 is 0 Å². The lowest BCUT2D eigenvalue weighted by atomic mass is 9.73. The predicted octanol–water partition coefficient (Wildman–Crippen LogP) is 4.40. The highest BCUT2D eigenvalue weighted by Gasteiger charge is 2.41. The van der Waals surface area contributed by atoms with Gasteiger partial charge in [0.2, 0.25) is 0 Å². The molecule has 1 heterocycles. The first-order valence-electron chi connectivity index (χ1n) is 9.36. The Morgan fingerprint density at radius 3 is 2.62 bits per heavy atom. The zero-order chi connectivity index (χ0) is 18.3. The van der Waals surface area contributed by atoms with Gasteiger partial charge in [-0.1, -0.05) is 24.8 Å². The van der Waals surface area contributed by atoms with Crippen LogP contribution in [0.15, 0.2) is 43.0 Å². The molecule has 1 saturated heterocycles. The molecule has 0 amide bonds. The van der Waals surface area contributed by atoms with Crippen molar-refractivity contribution in [3.8, 4) is 6.07 Å². The smallest absolute Gasteiger partial charge is 0.0991 e. The number of anilines is 1. The molecular weight excluding hydrogens is 318 g/mol. The number of fused-ring (bicyclic) bond motifs is 2. The van der Waals surface area contributed by atoms with Gasteiger partial charge in [0.1, 0.15) is 0 Å². The van der Waals surface area contributed by atoms with E-state index in [1.807, 2.05) is 19.1 Å². The third kappa shape index (κ3) is 2.66. The van der Waals surface area contributed by atoms with Crippen LogP contribution in [-0.4, -0.2) is 18.0 Å². The Balaban J connectivity index is 1.51. The van der Waals surface area contributed by atoms with Gasteiger partial charge in [0, 0.05) is 24.5 Å². The number of aryl methyl sites for hydroxylation is 2. The maximum atomic E-state index is 9.14. The van der Waals surface area contributed by atoms with Gasteiger partial charge in [0.25, 0.3) is 0 Å². The van der Waals surface area contributed by atoms with E-state index in [1.165, 1.54) is 17.5 Å². The zero-order valence-electron chi connectivity index (χ0n) is 15.4. The Kier molecular flexibility index (Phi) is 4.00. The number of rotatable bonds is 2. The Labute approximate surface area is 155 Å². The average molecular weight is 343 g/mol. The molecule has 3 heteroatoms. The first kappa shape index (κ1) is 16.7. The molecule has 2 aromatic carbocycles. The van der Waals surface area contributed by atoms with Crippen molar-refractivity contribution in [2.45, 2.75) is 38.0 Å². The van der Waals surface area contributed by atoms with Crippen LogP contribution in [0.4, 0.5) is 5.69 Å². The maximum absolute atomic E-state index is 9.14. The predicted molar refractivity (Wildman–Crippen MR) is 107 cm³/mol. The number of nitrogen functional groups attached to an aromatic ring is 1. The number of benzene rings is 2. The second-order valence-corrected chi connectivity index (χ2v) is 7.77. The normalized spacial score (nSPS) is 17.8. The van der Waals surface area contributed by atoms with E-state index in [-0.39, 0.29) is 5.41 Å². The van der Waals surface area contributed by atoms with Crippen LogP contribution in [0.1, 0.15) is 47.1 Å². The van der Waals surface area contributed by atoms with Crippen molar-refractivity contribution in [1.82, 2.24) is 4.90 Å². The minimum Gasteiger partial charge on any atom is -0.398 e. The van der Waals surface area contributed by atoms with Crippen molar-refractivity contribution < 1.29 is 0 Å². The second-order valence-electron chi connectivity index (χ2n) is 7.77. The quantitative estimate of drug-likeness (QED) is 0.822. The summed E-state index contributed by atoms with van der Waals surface area (Å²) in [6, 6.07) is 14.8. The Morgan fingerprint density at radius 2 is 1.92 bits per heavy atom. The molecule has 132 valence electrons. The second kappa shape index (κ2) is 6.21. The number of hydrogen-bond donors (Lipinski definition) is 1. The monoisotopic (exact) mass is 343 g/mol. The van der Waals surface area contributed by atoms with E-state index in [2.05, 4.69) is 41.8 Å². The van der Waals surface area contributed by atoms with E-state index in [4.69, 9.17) is 11.0 Å². The summed E-state index contributed by atoms with van der Waals surface area (Å²) in [6.45, 7) is 8.41. The molecule has 0 bridgehead atoms. The van der Waals surface area contributed by atoms with Crippen LogP contribution in [0.2, 0.25) is 0 Å². The lowest BCUT2D eigenvalue weighted by molar-refractivity contribution is 0.216. The Morgan fingerprint density at radius 1 is 1.15 bits per heavy atom. The molecule has 2 N–H and O–H groups in total. The highest BCUT2D eigenvalue weighted by molar-refractivity contribution is 5.67. The number of hydrogen-bond acceptors (Lipinski definition) is 3. The summed E-state index contributed by atoms with van der Waals surface area (Å²) < 4.78 is 0. The molecule has 2 aromatic rings. The maximum Gasteiger partial charge on any atom is 0.0991 e. The summed E-state index contributed by atoms with van der Waals surface area (Å²) in [4.78, 5) is 2.40. The molecule has 4 rings (SSSR count). The largest absolute Gasteiger partial charge is 0.398 e. The Hall–Kier alpha value is -2.73. The number of nitrogens with zero attached hydrogens (tertiary/aromatic N) is 2. The molecule has 3 nitrogen and oxygen atoms in total. The minimum atomic E-state index is 0.284. The fourth-order valence-corrected chi connectivity index (χ4v) is 4.62. The molecule has 26 heavy (non-hydrogen) atoms. The number of nitriles is 1. The van der Waals surface area contributed by atoms with Crippen molar-refractivity contribution in [3.63, 3.8) is 0 Å². The number of nitrogens with two attached hydrogens (primary N) is 1. The van der Waals surface area contributed by atoms with E-state index in [9.17, 15) is 0 Å². The summed E-state index contributed by atoms with van der Waals surface area (Å²) in [5, 5.41) is 9.14. The summed E-state index contributed by atoms with van der Waals surface area (Å²) in [7, 11) is 0. The van der Waals surface area contributed by atoms with Crippen molar-refractivity contribution in [1.29, 1.82) is 5.26 Å². The van der Waals surface area contributed by atoms with E-state index in [0.29, 0.717) is 0 Å². The van der Waals surface area contributed by atoms with Gasteiger partial charge in [-0.15, -0.1) is 0 Å². The molecule has 0 unspecified atom stereocenters. The van der Waals surface area contributed by atoms with E-state index >= 15 is 0 Å². The van der Waals surface area contributed by atoms with E-state index in [1.54, 1.807) is 0 Å². The molecule has 2 aliphatic rings. The lowest BCUT2D eigenvalue weighted by Crippen LogP contribution is -2.40. The summed E-state index contributed by atoms with van der Waals surface area (Å²) in [5.74, 6) is 0. The number of piperidine rings is 1. The summed E-state index contributed by atoms with van der Waals surface area (Å²) in [6.07, 6.45) is 4.59. The van der Waals surface area contributed by atoms with Crippen LogP contribution in [-0.2, 0) is 11.8 Å². The SMILES string of the molecule is C=C(c1ccc(C)c(N)c1)N1CCC2(CCc3cc(C#N)ccc32)CC1. The van der Waals surface area contributed by atoms with E-state index in [0.717, 1.165) is 60.4 Å². The molecule has 0 radical (unpaired) electrons. The summed E-state index contributed by atoms with van der Waals surface area (Å²) >= 11 is 0.